The number of para-hydroxylation sites is 1. The molecule has 0 spiro atoms. The Kier molecular flexibility index (Phi) is 9.22. The zero-order valence-corrected chi connectivity index (χ0v) is 23.9. The number of benzene rings is 3. The highest BCUT2D eigenvalue weighted by Gasteiger charge is 2.33. The topological polar surface area (TPSA) is 86.8 Å². The van der Waals surface area contributed by atoms with Crippen molar-refractivity contribution in [3.8, 4) is 0 Å². The van der Waals surface area contributed by atoms with Gasteiger partial charge in [0, 0.05) is 17.1 Å². The third kappa shape index (κ3) is 7.58. The van der Waals surface area contributed by atoms with Gasteiger partial charge in [0.25, 0.3) is 10.0 Å². The molecule has 0 radical (unpaired) electrons. The summed E-state index contributed by atoms with van der Waals surface area (Å²) < 4.78 is 28.5. The number of carbonyl (C=O) groups excluding carboxylic acids is 2. The van der Waals surface area contributed by atoms with Crippen molar-refractivity contribution in [1.29, 1.82) is 0 Å². The summed E-state index contributed by atoms with van der Waals surface area (Å²) in [6, 6.07) is 21.0. The molecule has 7 nitrogen and oxygen atoms in total. The van der Waals surface area contributed by atoms with Crippen LogP contribution in [0.5, 0.6) is 0 Å². The fourth-order valence-corrected chi connectivity index (χ4v) is 5.34. The number of hydrogen-bond donors (Lipinski definition) is 1. The van der Waals surface area contributed by atoms with Crippen LogP contribution in [-0.4, -0.2) is 43.3 Å². The number of halogens is 1. The van der Waals surface area contributed by atoms with Gasteiger partial charge in [0.05, 0.1) is 10.6 Å². The van der Waals surface area contributed by atoms with E-state index in [-0.39, 0.29) is 17.3 Å². The van der Waals surface area contributed by atoms with Gasteiger partial charge < -0.3 is 10.2 Å². The lowest BCUT2D eigenvalue weighted by atomic mass is 10.1. The van der Waals surface area contributed by atoms with Gasteiger partial charge in [0.15, 0.2) is 0 Å². The highest BCUT2D eigenvalue weighted by atomic mass is 35.5. The molecule has 0 aliphatic carbocycles. The molecule has 3 rings (SSSR count). The second-order valence-electron chi connectivity index (χ2n) is 10.2. The van der Waals surface area contributed by atoms with Crippen LogP contribution in [0, 0.1) is 6.92 Å². The van der Waals surface area contributed by atoms with Crippen LogP contribution < -0.4 is 9.62 Å². The summed E-state index contributed by atoms with van der Waals surface area (Å²) in [5, 5.41) is 3.32. The number of aryl methyl sites for hydroxylation is 1. The Balaban J connectivity index is 2.00. The van der Waals surface area contributed by atoms with Crippen LogP contribution >= 0.6 is 11.6 Å². The van der Waals surface area contributed by atoms with Crippen molar-refractivity contribution in [2.24, 2.45) is 0 Å². The van der Waals surface area contributed by atoms with Gasteiger partial charge in [-0.25, -0.2) is 8.42 Å². The Bertz CT molecular complexity index is 1350. The second kappa shape index (κ2) is 12.0. The quantitative estimate of drug-likeness (QED) is 0.394. The first-order valence-electron chi connectivity index (χ1n) is 12.3. The van der Waals surface area contributed by atoms with Crippen molar-refractivity contribution in [2.75, 3.05) is 10.8 Å². The molecule has 0 aliphatic heterocycles. The number of nitrogens with one attached hydrogen (secondary N) is 1. The summed E-state index contributed by atoms with van der Waals surface area (Å²) in [5.74, 6) is -0.840. The van der Waals surface area contributed by atoms with Gasteiger partial charge in [-0.2, -0.15) is 0 Å². The lowest BCUT2D eigenvalue weighted by Gasteiger charge is -2.33. The van der Waals surface area contributed by atoms with Gasteiger partial charge in [-0.1, -0.05) is 59.6 Å². The molecule has 1 unspecified atom stereocenters. The van der Waals surface area contributed by atoms with Gasteiger partial charge in [-0.15, -0.1) is 0 Å². The van der Waals surface area contributed by atoms with Crippen molar-refractivity contribution < 1.29 is 18.0 Å². The van der Waals surface area contributed by atoms with Crippen LogP contribution in [0.25, 0.3) is 0 Å². The van der Waals surface area contributed by atoms with Gasteiger partial charge >= 0.3 is 0 Å². The molecule has 0 fully saturated rings. The average Bonchev–Trinajstić information content (AvgIpc) is 2.86. The summed E-state index contributed by atoms with van der Waals surface area (Å²) >= 11 is 5.97. The number of amides is 2. The molecular formula is C29H34ClN3O4S. The van der Waals surface area contributed by atoms with Crippen molar-refractivity contribution in [2.45, 2.75) is 57.6 Å². The molecule has 1 atom stereocenters. The molecular weight excluding hydrogens is 522 g/mol. The maximum absolute atomic E-state index is 13.9. The fourth-order valence-electron chi connectivity index (χ4n) is 3.80. The van der Waals surface area contributed by atoms with E-state index in [0.717, 1.165) is 15.4 Å². The first kappa shape index (κ1) is 29.2. The molecule has 3 aromatic carbocycles. The number of carbonyl (C=O) groups is 2. The van der Waals surface area contributed by atoms with E-state index in [9.17, 15) is 18.0 Å². The second-order valence-corrected chi connectivity index (χ2v) is 12.5. The molecule has 1 N–H and O–H groups in total. The highest BCUT2D eigenvalue weighted by Crippen LogP contribution is 2.25. The van der Waals surface area contributed by atoms with E-state index in [2.05, 4.69) is 5.32 Å². The number of rotatable bonds is 9. The summed E-state index contributed by atoms with van der Waals surface area (Å²) in [6.07, 6.45) is 0. The fraction of sp³-hybridized carbons (Fsp3) is 0.310. The molecule has 0 aliphatic rings. The molecule has 0 saturated heterocycles. The molecule has 3 aromatic rings. The van der Waals surface area contributed by atoms with E-state index >= 15 is 0 Å². The number of nitrogens with zero attached hydrogens (tertiary/aromatic N) is 2. The van der Waals surface area contributed by atoms with Gasteiger partial charge in [0.2, 0.25) is 11.8 Å². The standard InChI is InChI=1S/C29H34ClN3O4S/c1-21-11-13-23(14-12-21)19-32(22(2)28(35)31-29(3,4)5)27(34)20-33(25-9-7-6-8-10-25)38(36,37)26-17-15-24(30)16-18-26/h6-18,22H,19-20H2,1-5H3,(H,31,35). The minimum absolute atomic E-state index is 0.00200. The summed E-state index contributed by atoms with van der Waals surface area (Å²) in [4.78, 5) is 28.4. The molecule has 38 heavy (non-hydrogen) atoms. The monoisotopic (exact) mass is 555 g/mol. The Morgan fingerprint density at radius 3 is 2.05 bits per heavy atom. The van der Waals surface area contributed by atoms with Crippen LogP contribution in [0.15, 0.2) is 83.8 Å². The molecule has 0 saturated carbocycles. The lowest BCUT2D eigenvalue weighted by Crippen LogP contribution is -2.54. The Morgan fingerprint density at radius 2 is 1.50 bits per heavy atom. The SMILES string of the molecule is Cc1ccc(CN(C(=O)CN(c2ccccc2)S(=O)(=O)c2ccc(Cl)cc2)C(C)C(=O)NC(C)(C)C)cc1. The highest BCUT2D eigenvalue weighted by molar-refractivity contribution is 7.92. The van der Waals surface area contributed by atoms with Crippen molar-refractivity contribution >= 4 is 39.1 Å². The zero-order valence-electron chi connectivity index (χ0n) is 22.3. The molecule has 2 amide bonds. The Hall–Kier alpha value is -3.36. The average molecular weight is 556 g/mol. The maximum Gasteiger partial charge on any atom is 0.264 e. The van der Waals surface area contributed by atoms with Crippen LogP contribution in [0.2, 0.25) is 5.02 Å². The van der Waals surface area contributed by atoms with E-state index in [1.165, 1.54) is 29.2 Å². The molecule has 9 heteroatoms. The van der Waals surface area contributed by atoms with Crippen LogP contribution in [0.1, 0.15) is 38.8 Å². The third-order valence-corrected chi connectivity index (χ3v) is 7.90. The Labute approximate surface area is 230 Å². The summed E-state index contributed by atoms with van der Waals surface area (Å²) in [7, 11) is -4.13. The largest absolute Gasteiger partial charge is 0.350 e. The molecule has 0 bridgehead atoms. The van der Waals surface area contributed by atoms with Crippen LogP contribution in [0.4, 0.5) is 5.69 Å². The maximum atomic E-state index is 13.9. The van der Waals surface area contributed by atoms with Crippen LogP contribution in [0.3, 0.4) is 0 Å². The summed E-state index contributed by atoms with van der Waals surface area (Å²) in [5.41, 5.74) is 1.72. The minimum atomic E-state index is -4.13. The number of anilines is 1. The van der Waals surface area contributed by atoms with Gasteiger partial charge in [-0.05, 0) is 76.6 Å². The smallest absolute Gasteiger partial charge is 0.264 e. The molecule has 0 aromatic heterocycles. The lowest BCUT2D eigenvalue weighted by molar-refractivity contribution is -0.140. The Morgan fingerprint density at radius 1 is 0.921 bits per heavy atom. The van der Waals surface area contributed by atoms with E-state index in [1.54, 1.807) is 37.3 Å². The van der Waals surface area contributed by atoms with Crippen molar-refractivity contribution in [1.82, 2.24) is 10.2 Å². The normalized spacial score (nSPS) is 12.5. The van der Waals surface area contributed by atoms with E-state index in [1.807, 2.05) is 52.0 Å². The molecule has 202 valence electrons. The molecule has 0 heterocycles. The van der Waals surface area contributed by atoms with Crippen molar-refractivity contribution in [3.63, 3.8) is 0 Å². The third-order valence-electron chi connectivity index (χ3n) is 5.86. The number of hydrogen-bond acceptors (Lipinski definition) is 4. The van der Waals surface area contributed by atoms with Crippen LogP contribution in [-0.2, 0) is 26.2 Å². The van der Waals surface area contributed by atoms with E-state index in [4.69, 9.17) is 11.6 Å². The zero-order chi connectivity index (χ0) is 28.1. The summed E-state index contributed by atoms with van der Waals surface area (Å²) in [6.45, 7) is 8.84. The van der Waals surface area contributed by atoms with E-state index < -0.39 is 34.1 Å². The first-order valence-corrected chi connectivity index (χ1v) is 14.1. The minimum Gasteiger partial charge on any atom is -0.350 e. The number of sulfonamides is 1. The van der Waals surface area contributed by atoms with E-state index in [0.29, 0.717) is 10.7 Å². The van der Waals surface area contributed by atoms with Crippen molar-refractivity contribution in [3.05, 3.63) is 95.0 Å². The predicted octanol–water partition coefficient (Wildman–Crippen LogP) is 5.18. The van der Waals surface area contributed by atoms with Gasteiger partial charge in [-0.3, -0.25) is 13.9 Å². The van der Waals surface area contributed by atoms with Gasteiger partial charge in [0.1, 0.15) is 12.6 Å². The first-order chi connectivity index (χ1) is 17.8. The predicted molar refractivity (Wildman–Crippen MR) is 152 cm³/mol.